The van der Waals surface area contributed by atoms with Crippen LogP contribution in [0.15, 0.2) is 6.20 Å². The van der Waals surface area contributed by atoms with Gasteiger partial charge in [-0.3, -0.25) is 4.68 Å². The quantitative estimate of drug-likeness (QED) is 0.892. The number of nitrogens with two attached hydrogens (primary N) is 1. The molecule has 0 aromatic carbocycles. The SMILES string of the molecule is Cn1nncc1C(N)C1CCN(C(=O)OC(C)(C)C)CC1. The van der Waals surface area contributed by atoms with E-state index < -0.39 is 5.60 Å². The average Bonchev–Trinajstić information content (AvgIpc) is 2.82. The summed E-state index contributed by atoms with van der Waals surface area (Å²) in [5.41, 5.74) is 6.78. The number of carbonyl (C=O) groups excluding carboxylic acids is 1. The molecule has 1 fully saturated rings. The minimum atomic E-state index is -0.454. The van der Waals surface area contributed by atoms with Crippen LogP contribution in [-0.4, -0.2) is 44.7 Å². The number of rotatable bonds is 2. The van der Waals surface area contributed by atoms with Crippen molar-refractivity contribution in [3.63, 3.8) is 0 Å². The monoisotopic (exact) mass is 295 g/mol. The fourth-order valence-corrected chi connectivity index (χ4v) is 2.61. The van der Waals surface area contributed by atoms with Gasteiger partial charge in [0.15, 0.2) is 0 Å². The zero-order valence-corrected chi connectivity index (χ0v) is 13.2. The highest BCUT2D eigenvalue weighted by Crippen LogP contribution is 2.28. The van der Waals surface area contributed by atoms with Gasteiger partial charge in [0, 0.05) is 20.1 Å². The van der Waals surface area contributed by atoms with Gasteiger partial charge in [0.25, 0.3) is 0 Å². The highest BCUT2D eigenvalue weighted by molar-refractivity contribution is 5.68. The molecule has 118 valence electrons. The van der Waals surface area contributed by atoms with Crippen LogP contribution >= 0.6 is 0 Å². The van der Waals surface area contributed by atoms with Crippen molar-refractivity contribution in [2.45, 2.75) is 45.3 Å². The molecular formula is C14H25N5O2. The second-order valence-electron chi connectivity index (χ2n) is 6.61. The van der Waals surface area contributed by atoms with Crippen LogP contribution in [0.5, 0.6) is 0 Å². The zero-order chi connectivity index (χ0) is 15.6. The minimum absolute atomic E-state index is 0.0919. The molecule has 0 spiro atoms. The summed E-state index contributed by atoms with van der Waals surface area (Å²) in [7, 11) is 1.85. The van der Waals surface area contributed by atoms with Crippen molar-refractivity contribution in [3.05, 3.63) is 11.9 Å². The fraction of sp³-hybridized carbons (Fsp3) is 0.786. The third-order valence-corrected chi connectivity index (χ3v) is 3.79. The first-order chi connectivity index (χ1) is 9.78. The number of amides is 1. The largest absolute Gasteiger partial charge is 0.444 e. The first-order valence-electron chi connectivity index (χ1n) is 7.36. The van der Waals surface area contributed by atoms with Crippen LogP contribution in [0.3, 0.4) is 0 Å². The van der Waals surface area contributed by atoms with Crippen LogP contribution in [0.2, 0.25) is 0 Å². The molecule has 1 unspecified atom stereocenters. The van der Waals surface area contributed by atoms with Crippen molar-refractivity contribution in [2.75, 3.05) is 13.1 Å². The molecule has 0 saturated carbocycles. The lowest BCUT2D eigenvalue weighted by Gasteiger charge is -2.35. The Morgan fingerprint density at radius 3 is 2.52 bits per heavy atom. The number of nitrogens with zero attached hydrogens (tertiary/aromatic N) is 4. The number of aromatic nitrogens is 3. The molecular weight excluding hydrogens is 270 g/mol. The van der Waals surface area contributed by atoms with E-state index in [-0.39, 0.29) is 12.1 Å². The summed E-state index contributed by atoms with van der Waals surface area (Å²) >= 11 is 0. The van der Waals surface area contributed by atoms with Crippen LogP contribution in [0.1, 0.15) is 45.3 Å². The average molecular weight is 295 g/mol. The summed E-state index contributed by atoms with van der Waals surface area (Å²) < 4.78 is 7.11. The van der Waals surface area contributed by atoms with Gasteiger partial charge >= 0.3 is 6.09 Å². The molecule has 1 saturated heterocycles. The zero-order valence-electron chi connectivity index (χ0n) is 13.2. The maximum atomic E-state index is 12.0. The number of carbonyl (C=O) groups is 1. The molecule has 7 heteroatoms. The van der Waals surface area contributed by atoms with E-state index in [9.17, 15) is 4.79 Å². The molecule has 2 heterocycles. The van der Waals surface area contributed by atoms with E-state index in [1.165, 1.54) is 0 Å². The third-order valence-electron chi connectivity index (χ3n) is 3.79. The molecule has 0 aliphatic carbocycles. The predicted molar refractivity (Wildman–Crippen MR) is 78.5 cm³/mol. The molecule has 1 amide bonds. The van der Waals surface area contributed by atoms with Crippen molar-refractivity contribution in [1.29, 1.82) is 0 Å². The van der Waals surface area contributed by atoms with Crippen molar-refractivity contribution >= 4 is 6.09 Å². The smallest absolute Gasteiger partial charge is 0.410 e. The van der Waals surface area contributed by atoms with Crippen LogP contribution in [0.4, 0.5) is 4.79 Å². The van der Waals surface area contributed by atoms with E-state index in [0.717, 1.165) is 18.5 Å². The summed E-state index contributed by atoms with van der Waals surface area (Å²) in [6.07, 6.45) is 3.21. The Kier molecular flexibility index (Phi) is 4.51. The van der Waals surface area contributed by atoms with Gasteiger partial charge in [0.1, 0.15) is 5.60 Å². The molecule has 0 bridgehead atoms. The second-order valence-corrected chi connectivity index (χ2v) is 6.61. The summed E-state index contributed by atoms with van der Waals surface area (Å²) in [6.45, 7) is 6.99. The van der Waals surface area contributed by atoms with Gasteiger partial charge in [0.05, 0.1) is 17.9 Å². The standard InChI is InChI=1S/C14H25N5O2/c1-14(2,3)21-13(20)19-7-5-10(6-8-19)12(15)11-9-16-17-18(11)4/h9-10,12H,5-8,15H2,1-4H3. The lowest BCUT2D eigenvalue weighted by Crippen LogP contribution is -2.43. The molecule has 1 aliphatic rings. The molecule has 2 rings (SSSR count). The molecule has 1 aliphatic heterocycles. The second kappa shape index (κ2) is 6.01. The Morgan fingerprint density at radius 1 is 1.43 bits per heavy atom. The Bertz CT molecular complexity index is 486. The Balaban J connectivity index is 1.89. The fourth-order valence-electron chi connectivity index (χ4n) is 2.61. The molecule has 1 aromatic heterocycles. The van der Waals surface area contributed by atoms with Gasteiger partial charge < -0.3 is 15.4 Å². The maximum Gasteiger partial charge on any atom is 0.410 e. The predicted octanol–water partition coefficient (Wildman–Crippen LogP) is 1.46. The first kappa shape index (κ1) is 15.8. The molecule has 21 heavy (non-hydrogen) atoms. The number of hydrogen-bond donors (Lipinski definition) is 1. The van der Waals surface area contributed by atoms with Crippen LogP contribution in [-0.2, 0) is 11.8 Å². The van der Waals surface area contributed by atoms with E-state index in [2.05, 4.69) is 10.3 Å². The summed E-state index contributed by atoms with van der Waals surface area (Å²) in [5, 5.41) is 7.79. The number of aryl methyl sites for hydroxylation is 1. The van der Waals surface area contributed by atoms with Crippen molar-refractivity contribution in [3.8, 4) is 0 Å². The molecule has 7 nitrogen and oxygen atoms in total. The lowest BCUT2D eigenvalue weighted by atomic mass is 9.88. The third kappa shape index (κ3) is 3.93. The molecule has 1 atom stereocenters. The number of hydrogen-bond acceptors (Lipinski definition) is 5. The number of ether oxygens (including phenoxy) is 1. The van der Waals surface area contributed by atoms with Gasteiger partial charge in [-0.2, -0.15) is 0 Å². The van der Waals surface area contributed by atoms with Gasteiger partial charge in [-0.15, -0.1) is 5.10 Å². The summed E-state index contributed by atoms with van der Waals surface area (Å²) in [4.78, 5) is 13.8. The number of likely N-dealkylation sites (tertiary alicyclic amines) is 1. The van der Waals surface area contributed by atoms with Crippen LogP contribution < -0.4 is 5.73 Å². The van der Waals surface area contributed by atoms with Crippen molar-refractivity contribution < 1.29 is 9.53 Å². The number of piperidine rings is 1. The van der Waals surface area contributed by atoms with Gasteiger partial charge in [-0.1, -0.05) is 5.21 Å². The van der Waals surface area contributed by atoms with E-state index in [1.54, 1.807) is 15.8 Å². The van der Waals surface area contributed by atoms with Gasteiger partial charge in [0.2, 0.25) is 0 Å². The Hall–Kier alpha value is -1.63. The minimum Gasteiger partial charge on any atom is -0.444 e. The molecule has 1 aromatic rings. The summed E-state index contributed by atoms with van der Waals surface area (Å²) in [5.74, 6) is 0.334. The topological polar surface area (TPSA) is 86.3 Å². The molecule has 2 N–H and O–H groups in total. The normalized spacial score (nSPS) is 18.6. The highest BCUT2D eigenvalue weighted by Gasteiger charge is 2.30. The highest BCUT2D eigenvalue weighted by atomic mass is 16.6. The maximum absolute atomic E-state index is 12.0. The van der Waals surface area contributed by atoms with Crippen molar-refractivity contribution in [2.24, 2.45) is 18.7 Å². The van der Waals surface area contributed by atoms with Gasteiger partial charge in [-0.25, -0.2) is 4.79 Å². The van der Waals surface area contributed by atoms with E-state index in [4.69, 9.17) is 10.5 Å². The van der Waals surface area contributed by atoms with E-state index in [0.29, 0.717) is 19.0 Å². The van der Waals surface area contributed by atoms with Gasteiger partial charge in [-0.05, 0) is 39.5 Å². The molecule has 0 radical (unpaired) electrons. The van der Waals surface area contributed by atoms with Crippen molar-refractivity contribution in [1.82, 2.24) is 19.9 Å². The van der Waals surface area contributed by atoms with Crippen LogP contribution in [0, 0.1) is 5.92 Å². The first-order valence-corrected chi connectivity index (χ1v) is 7.36. The lowest BCUT2D eigenvalue weighted by molar-refractivity contribution is 0.0173. The summed E-state index contributed by atoms with van der Waals surface area (Å²) in [6, 6.07) is -0.0919. The Morgan fingerprint density at radius 2 is 2.05 bits per heavy atom. The van der Waals surface area contributed by atoms with E-state index >= 15 is 0 Å². The Labute approximate surface area is 125 Å². The van der Waals surface area contributed by atoms with E-state index in [1.807, 2.05) is 27.8 Å². The van der Waals surface area contributed by atoms with Crippen LogP contribution in [0.25, 0.3) is 0 Å².